The largest absolute Gasteiger partial charge is 0.361 e. The minimum absolute atomic E-state index is 0.169. The van der Waals surface area contributed by atoms with Crippen molar-refractivity contribution in [1.82, 2.24) is 10.1 Å². The molecule has 0 unspecified atom stereocenters. The first-order valence-electron chi connectivity index (χ1n) is 7.49. The van der Waals surface area contributed by atoms with Gasteiger partial charge < -0.3 is 15.2 Å². The summed E-state index contributed by atoms with van der Waals surface area (Å²) >= 11 is 0. The van der Waals surface area contributed by atoms with Gasteiger partial charge in [-0.2, -0.15) is 0 Å². The van der Waals surface area contributed by atoms with Crippen LogP contribution in [0.5, 0.6) is 0 Å². The normalized spacial score (nSPS) is 22.8. The first-order chi connectivity index (χ1) is 9.52. The van der Waals surface area contributed by atoms with E-state index in [-0.39, 0.29) is 5.91 Å². The first-order valence-corrected chi connectivity index (χ1v) is 7.49. The van der Waals surface area contributed by atoms with Gasteiger partial charge in [0.25, 0.3) is 0 Å². The number of amides is 1. The molecule has 5 heteroatoms. The first kappa shape index (κ1) is 15.0. The van der Waals surface area contributed by atoms with E-state index in [1.807, 2.05) is 25.7 Å². The third-order valence-corrected chi connectivity index (χ3v) is 4.35. The fourth-order valence-electron chi connectivity index (χ4n) is 3.06. The standard InChI is InChI=1S/C15H25N3O2/c1-4-18(13-7-5-12(16)6-8-13)15(19)9-14-10(2)17-20-11(14)3/h12-13H,4-9,16H2,1-3H3. The van der Waals surface area contributed by atoms with Crippen LogP contribution in [0.1, 0.15) is 49.6 Å². The maximum atomic E-state index is 12.6. The molecule has 0 aliphatic heterocycles. The number of carbonyl (C=O) groups is 1. The van der Waals surface area contributed by atoms with E-state index in [0.29, 0.717) is 18.5 Å². The quantitative estimate of drug-likeness (QED) is 0.914. The molecule has 0 bridgehead atoms. The van der Waals surface area contributed by atoms with Gasteiger partial charge in [0.2, 0.25) is 5.91 Å². The van der Waals surface area contributed by atoms with Crippen molar-refractivity contribution < 1.29 is 9.32 Å². The molecule has 5 nitrogen and oxygen atoms in total. The lowest BCUT2D eigenvalue weighted by Gasteiger charge is -2.35. The Morgan fingerprint density at radius 3 is 2.50 bits per heavy atom. The zero-order chi connectivity index (χ0) is 14.7. The van der Waals surface area contributed by atoms with E-state index in [1.54, 1.807) is 0 Å². The van der Waals surface area contributed by atoms with Crippen LogP contribution in [0, 0.1) is 13.8 Å². The van der Waals surface area contributed by atoms with Crippen LogP contribution in [0.2, 0.25) is 0 Å². The molecule has 1 aromatic rings. The van der Waals surface area contributed by atoms with Crippen LogP contribution in [0.15, 0.2) is 4.52 Å². The fraction of sp³-hybridized carbons (Fsp3) is 0.733. The Morgan fingerprint density at radius 2 is 2.00 bits per heavy atom. The third-order valence-electron chi connectivity index (χ3n) is 4.35. The SMILES string of the molecule is CCN(C(=O)Cc1c(C)noc1C)C1CCC(N)CC1. The second-order valence-electron chi connectivity index (χ2n) is 5.73. The second kappa shape index (κ2) is 6.39. The second-order valence-corrected chi connectivity index (χ2v) is 5.73. The molecule has 1 aliphatic carbocycles. The lowest BCUT2D eigenvalue weighted by atomic mass is 9.90. The van der Waals surface area contributed by atoms with Crippen LogP contribution < -0.4 is 5.73 Å². The van der Waals surface area contributed by atoms with Gasteiger partial charge in [-0.15, -0.1) is 0 Å². The smallest absolute Gasteiger partial charge is 0.227 e. The zero-order valence-corrected chi connectivity index (χ0v) is 12.7. The Hall–Kier alpha value is -1.36. The van der Waals surface area contributed by atoms with E-state index < -0.39 is 0 Å². The molecule has 0 saturated heterocycles. The Labute approximate surface area is 120 Å². The molecular weight excluding hydrogens is 254 g/mol. The van der Waals surface area contributed by atoms with Gasteiger partial charge in [-0.3, -0.25) is 4.79 Å². The molecule has 2 N–H and O–H groups in total. The molecule has 2 rings (SSSR count). The van der Waals surface area contributed by atoms with Crippen LogP contribution in [0.3, 0.4) is 0 Å². The molecule has 1 saturated carbocycles. The highest BCUT2D eigenvalue weighted by atomic mass is 16.5. The molecule has 1 heterocycles. The average molecular weight is 279 g/mol. The number of likely N-dealkylation sites (N-methyl/N-ethyl adjacent to an activating group) is 1. The monoisotopic (exact) mass is 279 g/mol. The maximum absolute atomic E-state index is 12.6. The highest BCUT2D eigenvalue weighted by Gasteiger charge is 2.27. The predicted molar refractivity (Wildman–Crippen MR) is 77.3 cm³/mol. The summed E-state index contributed by atoms with van der Waals surface area (Å²) in [7, 11) is 0. The Kier molecular flexibility index (Phi) is 4.81. The van der Waals surface area contributed by atoms with Crippen molar-refractivity contribution in [1.29, 1.82) is 0 Å². The molecule has 1 fully saturated rings. The summed E-state index contributed by atoms with van der Waals surface area (Å²) in [5.41, 5.74) is 7.69. The number of nitrogens with zero attached hydrogens (tertiary/aromatic N) is 2. The lowest BCUT2D eigenvalue weighted by molar-refractivity contribution is -0.133. The van der Waals surface area contributed by atoms with Gasteiger partial charge in [-0.25, -0.2) is 0 Å². The third kappa shape index (κ3) is 3.20. The van der Waals surface area contributed by atoms with Gasteiger partial charge in [-0.05, 0) is 46.5 Å². The number of hydrogen-bond acceptors (Lipinski definition) is 4. The van der Waals surface area contributed by atoms with Crippen molar-refractivity contribution in [3.63, 3.8) is 0 Å². The highest BCUT2D eigenvalue weighted by molar-refractivity contribution is 5.79. The average Bonchev–Trinajstić information content (AvgIpc) is 2.73. The van der Waals surface area contributed by atoms with E-state index in [1.165, 1.54) is 0 Å². The van der Waals surface area contributed by atoms with E-state index in [0.717, 1.165) is 49.2 Å². The molecule has 1 amide bonds. The van der Waals surface area contributed by atoms with Crippen molar-refractivity contribution in [2.75, 3.05) is 6.54 Å². The number of carbonyl (C=O) groups excluding carboxylic acids is 1. The highest BCUT2D eigenvalue weighted by Crippen LogP contribution is 2.23. The van der Waals surface area contributed by atoms with Crippen LogP contribution >= 0.6 is 0 Å². The van der Waals surface area contributed by atoms with Gasteiger partial charge in [0.15, 0.2) is 0 Å². The number of rotatable bonds is 4. The number of hydrogen-bond donors (Lipinski definition) is 1. The van der Waals surface area contributed by atoms with Gasteiger partial charge in [0, 0.05) is 24.2 Å². The minimum atomic E-state index is 0.169. The molecule has 112 valence electrons. The summed E-state index contributed by atoms with van der Waals surface area (Å²) in [4.78, 5) is 14.5. The molecule has 20 heavy (non-hydrogen) atoms. The van der Waals surface area contributed by atoms with Gasteiger partial charge in [-0.1, -0.05) is 5.16 Å². The molecule has 0 aromatic carbocycles. The lowest BCUT2D eigenvalue weighted by Crippen LogP contribution is -2.44. The van der Waals surface area contributed by atoms with Gasteiger partial charge >= 0.3 is 0 Å². The predicted octanol–water partition coefficient (Wildman–Crippen LogP) is 1.95. The van der Waals surface area contributed by atoms with Gasteiger partial charge in [0.05, 0.1) is 12.1 Å². The van der Waals surface area contributed by atoms with Crippen molar-refractivity contribution >= 4 is 5.91 Å². The summed E-state index contributed by atoms with van der Waals surface area (Å²) in [6.45, 7) is 6.54. The summed E-state index contributed by atoms with van der Waals surface area (Å²) in [6, 6.07) is 0.649. The summed E-state index contributed by atoms with van der Waals surface area (Å²) in [5, 5.41) is 3.91. The molecular formula is C15H25N3O2. The number of aromatic nitrogens is 1. The molecule has 1 aromatic heterocycles. The van der Waals surface area contributed by atoms with E-state index in [2.05, 4.69) is 5.16 Å². The maximum Gasteiger partial charge on any atom is 0.227 e. The van der Waals surface area contributed by atoms with E-state index >= 15 is 0 Å². The molecule has 0 atom stereocenters. The van der Waals surface area contributed by atoms with Crippen molar-refractivity contribution in [3.8, 4) is 0 Å². The van der Waals surface area contributed by atoms with Gasteiger partial charge in [0.1, 0.15) is 5.76 Å². The number of nitrogens with two attached hydrogens (primary N) is 1. The van der Waals surface area contributed by atoms with E-state index in [9.17, 15) is 4.79 Å². The van der Waals surface area contributed by atoms with Crippen LogP contribution in [-0.4, -0.2) is 34.6 Å². The molecule has 1 aliphatic rings. The van der Waals surface area contributed by atoms with Crippen LogP contribution in [0.4, 0.5) is 0 Å². The minimum Gasteiger partial charge on any atom is -0.361 e. The topological polar surface area (TPSA) is 72.4 Å². The Morgan fingerprint density at radius 1 is 1.35 bits per heavy atom. The fourth-order valence-corrected chi connectivity index (χ4v) is 3.06. The van der Waals surface area contributed by atoms with Crippen molar-refractivity contribution in [2.45, 2.75) is 65.0 Å². The Balaban J connectivity index is 2.02. The van der Waals surface area contributed by atoms with Crippen molar-refractivity contribution in [3.05, 3.63) is 17.0 Å². The van der Waals surface area contributed by atoms with Crippen molar-refractivity contribution in [2.24, 2.45) is 5.73 Å². The summed E-state index contributed by atoms with van der Waals surface area (Å²) in [5.74, 6) is 0.917. The molecule has 0 radical (unpaired) electrons. The molecule has 0 spiro atoms. The Bertz CT molecular complexity index is 442. The van der Waals surface area contributed by atoms with Crippen LogP contribution in [-0.2, 0) is 11.2 Å². The summed E-state index contributed by atoms with van der Waals surface area (Å²) in [6.07, 6.45) is 4.45. The van der Waals surface area contributed by atoms with E-state index in [4.69, 9.17) is 10.3 Å². The van der Waals surface area contributed by atoms with Crippen LogP contribution in [0.25, 0.3) is 0 Å². The summed E-state index contributed by atoms with van der Waals surface area (Å²) < 4.78 is 5.13. The number of aryl methyl sites for hydroxylation is 2. The zero-order valence-electron chi connectivity index (χ0n) is 12.7.